The molecule has 5 aromatic rings. The minimum absolute atomic E-state index is 0.565. The number of nitrogens with zero attached hydrogens (tertiary/aromatic N) is 2. The molecule has 1 aromatic heterocycles. The van der Waals surface area contributed by atoms with Crippen LogP contribution in [0.25, 0.3) is 10.8 Å². The standard InChI is InChI=1S/C34H26N2O5/c1-37-27-8-5-20-14-25-24-18-30-29(16-21(24)9-11-35-25)40-33-31(38-2)17-22-10-12-36-26(32(22)34(33)41-30)13-19-3-6-23(7-4-19)39-28(27)15-20/h3-8,10,12,15-18H,9,11,13-14H2,1-2H3. The van der Waals surface area contributed by atoms with Crippen LogP contribution >= 0.6 is 0 Å². The highest BCUT2D eigenvalue weighted by atomic mass is 16.6. The Kier molecular flexibility index (Phi) is 5.38. The van der Waals surface area contributed by atoms with Gasteiger partial charge in [-0.2, -0.15) is 0 Å². The third-order valence-electron chi connectivity index (χ3n) is 7.94. The number of hydrogen-bond acceptors (Lipinski definition) is 7. The van der Waals surface area contributed by atoms with Crippen molar-refractivity contribution in [2.24, 2.45) is 4.99 Å². The fourth-order valence-electron chi connectivity index (χ4n) is 5.92. The minimum Gasteiger partial charge on any atom is -0.493 e. The predicted octanol–water partition coefficient (Wildman–Crippen LogP) is 7.43. The maximum Gasteiger partial charge on any atom is 0.212 e. The molecular formula is C34H26N2O5. The largest absolute Gasteiger partial charge is 0.493 e. The van der Waals surface area contributed by atoms with E-state index >= 15 is 0 Å². The molecule has 4 aromatic carbocycles. The maximum absolute atomic E-state index is 6.70. The zero-order chi connectivity index (χ0) is 27.5. The van der Waals surface area contributed by atoms with Gasteiger partial charge >= 0.3 is 0 Å². The Bertz CT molecular complexity index is 1900. The summed E-state index contributed by atoms with van der Waals surface area (Å²) in [6.45, 7) is 0.716. The van der Waals surface area contributed by atoms with Gasteiger partial charge in [-0.15, -0.1) is 0 Å². The van der Waals surface area contributed by atoms with Gasteiger partial charge in [-0.25, -0.2) is 0 Å². The van der Waals surface area contributed by atoms with Crippen molar-refractivity contribution in [2.75, 3.05) is 20.8 Å². The maximum atomic E-state index is 6.70. The lowest BCUT2D eigenvalue weighted by molar-refractivity contribution is 0.331. The van der Waals surface area contributed by atoms with E-state index in [1.807, 2.05) is 42.6 Å². The first-order valence-corrected chi connectivity index (χ1v) is 13.7. The molecule has 7 heteroatoms. The summed E-state index contributed by atoms with van der Waals surface area (Å²) in [6, 6.07) is 22.2. The van der Waals surface area contributed by atoms with Crippen LogP contribution in [0.4, 0.5) is 0 Å². The predicted molar refractivity (Wildman–Crippen MR) is 156 cm³/mol. The summed E-state index contributed by atoms with van der Waals surface area (Å²) < 4.78 is 30.9. The van der Waals surface area contributed by atoms with Crippen LogP contribution in [0.5, 0.6) is 46.0 Å². The molecule has 0 saturated carbocycles. The molecular weight excluding hydrogens is 516 g/mol. The van der Waals surface area contributed by atoms with Gasteiger partial charge in [0, 0.05) is 36.9 Å². The Morgan fingerprint density at radius 2 is 1.51 bits per heavy atom. The monoisotopic (exact) mass is 542 g/mol. The highest BCUT2D eigenvalue weighted by Crippen LogP contribution is 2.54. The quantitative estimate of drug-likeness (QED) is 0.227. The summed E-state index contributed by atoms with van der Waals surface area (Å²) in [5, 5.41) is 1.87. The average Bonchev–Trinajstić information content (AvgIpc) is 3.00. The van der Waals surface area contributed by atoms with Crippen molar-refractivity contribution >= 4 is 16.5 Å². The first-order chi connectivity index (χ1) is 20.2. The van der Waals surface area contributed by atoms with Crippen molar-refractivity contribution in [3.8, 4) is 46.0 Å². The molecule has 4 aliphatic rings. The molecule has 0 amide bonds. The Hall–Kier alpha value is -5.04. The lowest BCUT2D eigenvalue weighted by Gasteiger charge is -2.27. The molecule has 0 saturated heterocycles. The van der Waals surface area contributed by atoms with Crippen molar-refractivity contribution in [1.82, 2.24) is 4.98 Å². The van der Waals surface area contributed by atoms with E-state index < -0.39 is 0 Å². The zero-order valence-corrected chi connectivity index (χ0v) is 22.7. The normalized spacial score (nSPS) is 14.4. The molecule has 5 heterocycles. The molecule has 0 spiro atoms. The van der Waals surface area contributed by atoms with Crippen LogP contribution in [0.15, 0.2) is 77.9 Å². The number of hydrogen-bond donors (Lipinski definition) is 0. The first kappa shape index (κ1) is 23.8. The summed E-state index contributed by atoms with van der Waals surface area (Å²) >= 11 is 0. The Labute approximate surface area is 237 Å². The van der Waals surface area contributed by atoms with Crippen molar-refractivity contribution in [3.05, 3.63) is 101 Å². The van der Waals surface area contributed by atoms with E-state index in [2.05, 4.69) is 30.3 Å². The highest BCUT2D eigenvalue weighted by Gasteiger charge is 2.29. The van der Waals surface area contributed by atoms with E-state index in [0.717, 1.165) is 51.0 Å². The first-order valence-electron chi connectivity index (χ1n) is 13.7. The van der Waals surface area contributed by atoms with Crippen LogP contribution in [-0.2, 0) is 19.3 Å². The van der Waals surface area contributed by atoms with Crippen LogP contribution in [0.2, 0.25) is 0 Å². The van der Waals surface area contributed by atoms with Gasteiger partial charge in [0.05, 0.1) is 25.3 Å². The number of aliphatic imine (C=N–C) groups is 1. The van der Waals surface area contributed by atoms with E-state index in [0.29, 0.717) is 59.6 Å². The second kappa shape index (κ2) is 9.27. The molecule has 0 fully saturated rings. The smallest absolute Gasteiger partial charge is 0.212 e. The van der Waals surface area contributed by atoms with Crippen molar-refractivity contribution in [1.29, 1.82) is 0 Å². The summed E-state index contributed by atoms with van der Waals surface area (Å²) in [5.41, 5.74) is 6.32. The Balaban J connectivity index is 1.36. The average molecular weight is 543 g/mol. The third kappa shape index (κ3) is 3.96. The molecule has 0 unspecified atom stereocenters. The van der Waals surface area contributed by atoms with Crippen LogP contribution in [0.3, 0.4) is 0 Å². The molecule has 0 aliphatic carbocycles. The summed E-state index contributed by atoms with van der Waals surface area (Å²) in [6.07, 6.45) is 3.90. The van der Waals surface area contributed by atoms with E-state index in [9.17, 15) is 0 Å². The number of methoxy groups -OCH3 is 2. The van der Waals surface area contributed by atoms with E-state index in [1.54, 1.807) is 14.2 Å². The fourth-order valence-corrected chi connectivity index (χ4v) is 5.92. The number of rotatable bonds is 2. The van der Waals surface area contributed by atoms with Crippen LogP contribution in [0, 0.1) is 0 Å². The molecule has 0 atom stereocenters. The van der Waals surface area contributed by atoms with Gasteiger partial charge in [-0.1, -0.05) is 18.2 Å². The van der Waals surface area contributed by atoms with E-state index in [4.69, 9.17) is 33.7 Å². The number of ether oxygens (including phenoxy) is 5. The fraction of sp³-hybridized carbons (Fsp3) is 0.176. The van der Waals surface area contributed by atoms with Gasteiger partial charge in [-0.05, 0) is 77.0 Å². The second-order valence-electron chi connectivity index (χ2n) is 10.4. The summed E-state index contributed by atoms with van der Waals surface area (Å²) in [7, 11) is 3.30. The van der Waals surface area contributed by atoms with Gasteiger partial charge in [0.2, 0.25) is 5.75 Å². The molecule has 9 rings (SSSR count). The number of pyridine rings is 1. The highest BCUT2D eigenvalue weighted by molar-refractivity contribution is 6.04. The summed E-state index contributed by atoms with van der Waals surface area (Å²) in [5.74, 6) is 5.20. The molecule has 7 bridgehead atoms. The van der Waals surface area contributed by atoms with Crippen LogP contribution in [0.1, 0.15) is 27.9 Å². The van der Waals surface area contributed by atoms with Gasteiger partial charge in [0.15, 0.2) is 34.5 Å². The lowest BCUT2D eigenvalue weighted by Crippen LogP contribution is -2.16. The summed E-state index contributed by atoms with van der Waals surface area (Å²) in [4.78, 5) is 9.71. The van der Waals surface area contributed by atoms with Gasteiger partial charge in [-0.3, -0.25) is 9.98 Å². The molecule has 4 aliphatic heterocycles. The number of aromatic nitrogens is 1. The third-order valence-corrected chi connectivity index (χ3v) is 7.94. The minimum atomic E-state index is 0.565. The SMILES string of the molecule is COc1ccc2cc1Oc1ccc(cc1)Cc1nccc3cc(OC)c4c(c13)Oc1cc3c(cc1O4)CCN=C3C2. The molecule has 0 N–H and O–H groups in total. The van der Waals surface area contributed by atoms with E-state index in [-0.39, 0.29) is 0 Å². The van der Waals surface area contributed by atoms with Crippen LogP contribution in [-0.4, -0.2) is 31.5 Å². The second-order valence-corrected chi connectivity index (χ2v) is 10.4. The Morgan fingerprint density at radius 3 is 2.37 bits per heavy atom. The molecule has 7 nitrogen and oxygen atoms in total. The van der Waals surface area contributed by atoms with Gasteiger partial charge in [0.1, 0.15) is 5.75 Å². The molecule has 41 heavy (non-hydrogen) atoms. The zero-order valence-electron chi connectivity index (χ0n) is 22.7. The van der Waals surface area contributed by atoms with Gasteiger partial charge in [0.25, 0.3) is 0 Å². The molecule has 0 radical (unpaired) electrons. The number of benzene rings is 4. The van der Waals surface area contributed by atoms with Gasteiger partial charge < -0.3 is 23.7 Å². The number of fused-ring (bicyclic) bond motifs is 2. The Morgan fingerprint density at radius 1 is 0.707 bits per heavy atom. The topological polar surface area (TPSA) is 71.4 Å². The van der Waals surface area contributed by atoms with E-state index in [1.165, 1.54) is 5.56 Å². The van der Waals surface area contributed by atoms with Crippen molar-refractivity contribution < 1.29 is 23.7 Å². The van der Waals surface area contributed by atoms with Crippen molar-refractivity contribution in [2.45, 2.75) is 19.3 Å². The van der Waals surface area contributed by atoms with Crippen LogP contribution < -0.4 is 23.7 Å². The molecule has 202 valence electrons. The van der Waals surface area contributed by atoms with Crippen molar-refractivity contribution in [3.63, 3.8) is 0 Å². The lowest BCUT2D eigenvalue weighted by atomic mass is 9.92.